The molecule has 0 saturated heterocycles. The van der Waals surface area contributed by atoms with Gasteiger partial charge in [0.05, 0.1) is 10.7 Å². The fourth-order valence-corrected chi connectivity index (χ4v) is 3.65. The average molecular weight is 387 g/mol. The van der Waals surface area contributed by atoms with Gasteiger partial charge in [-0.05, 0) is 43.5 Å². The fraction of sp³-hybridized carbons (Fsp3) is 0.364. The molecule has 0 atom stereocenters. The van der Waals surface area contributed by atoms with Crippen LogP contribution in [0.2, 0.25) is 5.02 Å². The van der Waals surface area contributed by atoms with Gasteiger partial charge in [-0.2, -0.15) is 0 Å². The van der Waals surface area contributed by atoms with Gasteiger partial charge in [0.25, 0.3) is 0 Å². The summed E-state index contributed by atoms with van der Waals surface area (Å²) in [6, 6.07) is 13.7. The van der Waals surface area contributed by atoms with E-state index in [1.807, 2.05) is 63.2 Å². The van der Waals surface area contributed by atoms with Crippen molar-refractivity contribution in [2.24, 2.45) is 0 Å². The number of nitrogens with zero attached hydrogens (tertiary/aromatic N) is 2. The molecule has 0 heterocycles. The van der Waals surface area contributed by atoms with Crippen LogP contribution in [-0.4, -0.2) is 29.8 Å². The van der Waals surface area contributed by atoms with Gasteiger partial charge >= 0.3 is 0 Å². The van der Waals surface area contributed by atoms with Crippen molar-refractivity contribution in [3.05, 3.63) is 64.2 Å². The summed E-state index contributed by atoms with van der Waals surface area (Å²) in [4.78, 5) is 28.3. The van der Waals surface area contributed by atoms with Gasteiger partial charge in [-0.15, -0.1) is 0 Å². The molecule has 0 aliphatic rings. The molecule has 0 unspecified atom stereocenters. The van der Waals surface area contributed by atoms with Crippen LogP contribution in [0.5, 0.6) is 0 Å². The zero-order valence-corrected chi connectivity index (χ0v) is 17.2. The van der Waals surface area contributed by atoms with E-state index in [0.29, 0.717) is 30.3 Å². The number of hydrogen-bond donors (Lipinski definition) is 0. The minimum atomic E-state index is -0.122. The first-order chi connectivity index (χ1) is 12.8. The maximum atomic E-state index is 12.7. The van der Waals surface area contributed by atoms with Gasteiger partial charge < -0.3 is 9.80 Å². The molecule has 2 amide bonds. The van der Waals surface area contributed by atoms with Crippen LogP contribution in [-0.2, 0) is 16.1 Å². The van der Waals surface area contributed by atoms with Gasteiger partial charge in [-0.1, -0.05) is 48.0 Å². The van der Waals surface area contributed by atoms with E-state index < -0.39 is 0 Å². The van der Waals surface area contributed by atoms with E-state index in [-0.39, 0.29) is 18.2 Å². The molecule has 2 aromatic carbocycles. The van der Waals surface area contributed by atoms with Gasteiger partial charge in [-0.3, -0.25) is 9.59 Å². The van der Waals surface area contributed by atoms with E-state index in [1.54, 1.807) is 9.80 Å². The summed E-state index contributed by atoms with van der Waals surface area (Å²) in [5.74, 6) is -0.101. The van der Waals surface area contributed by atoms with Crippen molar-refractivity contribution in [2.75, 3.05) is 18.0 Å². The molecule has 0 N–H and O–H groups in total. The molecule has 0 fully saturated rings. The number of hydrogen-bond acceptors (Lipinski definition) is 2. The van der Waals surface area contributed by atoms with Crippen LogP contribution in [0.15, 0.2) is 42.5 Å². The summed E-state index contributed by atoms with van der Waals surface area (Å²) in [5, 5.41) is 0.534. The van der Waals surface area contributed by atoms with Gasteiger partial charge in [-0.25, -0.2) is 0 Å². The zero-order chi connectivity index (χ0) is 20.0. The Morgan fingerprint density at radius 2 is 1.74 bits per heavy atom. The number of benzene rings is 2. The van der Waals surface area contributed by atoms with Crippen LogP contribution in [0.4, 0.5) is 5.69 Å². The smallest absolute Gasteiger partial charge is 0.224 e. The zero-order valence-electron chi connectivity index (χ0n) is 16.5. The third-order valence-corrected chi connectivity index (χ3v) is 4.84. The second-order valence-electron chi connectivity index (χ2n) is 6.73. The van der Waals surface area contributed by atoms with Gasteiger partial charge in [0, 0.05) is 33.0 Å². The third-order valence-electron chi connectivity index (χ3n) is 4.55. The van der Waals surface area contributed by atoms with E-state index in [1.165, 1.54) is 6.92 Å². The first-order valence-corrected chi connectivity index (χ1v) is 9.57. The molecular formula is C22H27ClN2O2. The molecule has 144 valence electrons. The highest BCUT2D eigenvalue weighted by Crippen LogP contribution is 2.31. The van der Waals surface area contributed by atoms with Gasteiger partial charge in [0.15, 0.2) is 0 Å². The summed E-state index contributed by atoms with van der Waals surface area (Å²) in [7, 11) is 0. The maximum absolute atomic E-state index is 12.7. The Morgan fingerprint density at radius 1 is 1.07 bits per heavy atom. The topological polar surface area (TPSA) is 40.6 Å². The number of carbonyl (C=O) groups excluding carboxylic acids is 2. The molecule has 0 bridgehead atoms. The lowest BCUT2D eigenvalue weighted by Gasteiger charge is -2.26. The highest BCUT2D eigenvalue weighted by atomic mass is 35.5. The van der Waals surface area contributed by atoms with Crippen molar-refractivity contribution >= 4 is 29.1 Å². The van der Waals surface area contributed by atoms with Crippen LogP contribution in [0.25, 0.3) is 0 Å². The SMILES string of the molecule is CCN(Cc1ccccc1)C(=O)CCN(C(C)=O)c1c(C)cc(C)cc1Cl. The van der Waals surface area contributed by atoms with E-state index in [4.69, 9.17) is 11.6 Å². The standard InChI is InChI=1S/C22H27ClN2O2/c1-5-24(15-19-9-7-6-8-10-19)21(27)11-12-25(18(4)26)22-17(3)13-16(2)14-20(22)23/h6-10,13-14H,5,11-12,15H2,1-4H3. The maximum Gasteiger partial charge on any atom is 0.224 e. The number of aryl methyl sites for hydroxylation is 2. The Bertz CT molecular complexity index is 782. The number of halogens is 1. The van der Waals surface area contributed by atoms with E-state index >= 15 is 0 Å². The molecular weight excluding hydrogens is 360 g/mol. The molecule has 0 spiro atoms. The molecule has 27 heavy (non-hydrogen) atoms. The van der Waals surface area contributed by atoms with Crippen LogP contribution in [0.3, 0.4) is 0 Å². The largest absolute Gasteiger partial charge is 0.339 e. The molecule has 0 aliphatic heterocycles. The first-order valence-electron chi connectivity index (χ1n) is 9.20. The number of amides is 2. The highest BCUT2D eigenvalue weighted by molar-refractivity contribution is 6.34. The van der Waals surface area contributed by atoms with Crippen molar-refractivity contribution in [2.45, 2.75) is 40.7 Å². The predicted molar refractivity (Wildman–Crippen MR) is 111 cm³/mol. The fourth-order valence-electron chi connectivity index (χ4n) is 3.22. The summed E-state index contributed by atoms with van der Waals surface area (Å²) in [5.41, 5.74) is 3.75. The number of anilines is 1. The third kappa shape index (κ3) is 5.57. The summed E-state index contributed by atoms with van der Waals surface area (Å²) >= 11 is 6.40. The lowest BCUT2D eigenvalue weighted by Crippen LogP contribution is -2.36. The van der Waals surface area contributed by atoms with Crippen molar-refractivity contribution in [1.29, 1.82) is 0 Å². The second kappa shape index (κ2) is 9.56. The monoisotopic (exact) mass is 386 g/mol. The Morgan fingerprint density at radius 3 is 2.30 bits per heavy atom. The summed E-state index contributed by atoms with van der Waals surface area (Å²) in [6.45, 7) is 8.86. The second-order valence-corrected chi connectivity index (χ2v) is 7.13. The van der Waals surface area contributed by atoms with E-state index in [2.05, 4.69) is 0 Å². The first kappa shape index (κ1) is 21.0. The lowest BCUT2D eigenvalue weighted by atomic mass is 10.1. The van der Waals surface area contributed by atoms with Gasteiger partial charge in [0.1, 0.15) is 0 Å². The molecule has 2 rings (SSSR count). The van der Waals surface area contributed by atoms with Crippen molar-refractivity contribution in [3.8, 4) is 0 Å². The minimum Gasteiger partial charge on any atom is -0.339 e. The molecule has 0 aliphatic carbocycles. The number of carbonyl (C=O) groups is 2. The molecule has 0 radical (unpaired) electrons. The Kier molecular flexibility index (Phi) is 7.43. The lowest BCUT2D eigenvalue weighted by molar-refractivity contribution is -0.131. The quantitative estimate of drug-likeness (QED) is 0.689. The Balaban J connectivity index is 2.11. The summed E-state index contributed by atoms with van der Waals surface area (Å²) < 4.78 is 0. The Hall–Kier alpha value is -2.33. The molecule has 2 aromatic rings. The molecule has 0 aromatic heterocycles. The number of rotatable bonds is 7. The van der Waals surface area contributed by atoms with Crippen LogP contribution in [0.1, 0.15) is 37.0 Å². The van der Waals surface area contributed by atoms with Crippen molar-refractivity contribution in [1.82, 2.24) is 4.90 Å². The molecule has 0 saturated carbocycles. The van der Waals surface area contributed by atoms with Crippen molar-refractivity contribution < 1.29 is 9.59 Å². The minimum absolute atomic E-state index is 0.0218. The Labute approximate surface area is 166 Å². The molecule has 4 nitrogen and oxygen atoms in total. The van der Waals surface area contributed by atoms with Gasteiger partial charge in [0.2, 0.25) is 11.8 Å². The highest BCUT2D eigenvalue weighted by Gasteiger charge is 2.20. The van der Waals surface area contributed by atoms with E-state index in [0.717, 1.165) is 16.7 Å². The summed E-state index contributed by atoms with van der Waals surface area (Å²) in [6.07, 6.45) is 0.254. The predicted octanol–water partition coefficient (Wildman–Crippen LogP) is 4.75. The van der Waals surface area contributed by atoms with Crippen LogP contribution < -0.4 is 4.90 Å². The van der Waals surface area contributed by atoms with Crippen molar-refractivity contribution in [3.63, 3.8) is 0 Å². The molecule has 5 heteroatoms. The average Bonchev–Trinajstić information content (AvgIpc) is 2.61. The van der Waals surface area contributed by atoms with Crippen LogP contribution >= 0.6 is 11.6 Å². The van der Waals surface area contributed by atoms with E-state index in [9.17, 15) is 9.59 Å². The van der Waals surface area contributed by atoms with Crippen LogP contribution in [0, 0.1) is 13.8 Å². The normalized spacial score (nSPS) is 10.6.